The van der Waals surface area contributed by atoms with Gasteiger partial charge in [0.05, 0.1) is 6.61 Å². The molecule has 0 fully saturated rings. The minimum Gasteiger partial charge on any atom is -0.462 e. The van der Waals surface area contributed by atoms with Crippen molar-refractivity contribution in [2.24, 2.45) is 0 Å². The summed E-state index contributed by atoms with van der Waals surface area (Å²) in [6.07, 6.45) is 14.8. The zero-order valence-electron chi connectivity index (χ0n) is 27.0. The van der Waals surface area contributed by atoms with Crippen LogP contribution in [0.5, 0.6) is 5.75 Å². The molecular weight excluding hydrogens is 624 g/mol. The van der Waals surface area contributed by atoms with Gasteiger partial charge in [0.15, 0.2) is 6.10 Å². The quantitative estimate of drug-likeness (QED) is 0.0358. The normalized spacial score (nSPS) is 13.4. The van der Waals surface area contributed by atoms with Crippen LogP contribution in [-0.2, 0) is 28.2 Å². The molecule has 44 heavy (non-hydrogen) atoms. The number of ether oxygens (including phenoxy) is 2. The molecule has 0 aliphatic carbocycles. The third-order valence-electron chi connectivity index (χ3n) is 7.12. The molecule has 1 aromatic carbocycles. The number of carbonyl (C=O) groups is 2. The van der Waals surface area contributed by atoms with Crippen LogP contribution in [0.15, 0.2) is 30.3 Å². The van der Waals surface area contributed by atoms with E-state index in [1.165, 1.54) is 49.6 Å². The first-order chi connectivity index (χ1) is 21.4. The molecule has 11 heteroatoms. The minimum absolute atomic E-state index is 0.176. The van der Waals surface area contributed by atoms with Crippen LogP contribution in [0.1, 0.15) is 117 Å². The summed E-state index contributed by atoms with van der Waals surface area (Å²) in [6.45, 7) is 4.28. The Kier molecular flexibility index (Phi) is 24.9. The second-order valence-electron chi connectivity index (χ2n) is 11.0. The molecule has 1 rings (SSSR count). The second kappa shape index (κ2) is 26.9. The van der Waals surface area contributed by atoms with E-state index in [9.17, 15) is 14.2 Å². The maximum Gasteiger partial charge on any atom is 0.461 e. The summed E-state index contributed by atoms with van der Waals surface area (Å²) >= 11 is 12.0. The lowest BCUT2D eigenvalue weighted by Gasteiger charge is -2.30. The third-order valence-corrected chi connectivity index (χ3v) is 9.46. The molecule has 0 unspecified atom stereocenters. The summed E-state index contributed by atoms with van der Waals surface area (Å²) < 4.78 is 38.5. The summed E-state index contributed by atoms with van der Waals surface area (Å²) in [5, 5.41) is 0. The molecule has 2 atom stereocenters. The summed E-state index contributed by atoms with van der Waals surface area (Å²) in [5.74, 6) is -0.0716. The van der Waals surface area contributed by atoms with Crippen molar-refractivity contribution >= 4 is 42.9 Å². The predicted molar refractivity (Wildman–Crippen MR) is 180 cm³/mol. The molecule has 0 bridgehead atoms. The lowest BCUT2D eigenvalue weighted by molar-refractivity contribution is -0.161. The zero-order chi connectivity index (χ0) is 32.3. The number of para-hydroxylation sites is 1. The van der Waals surface area contributed by atoms with Crippen molar-refractivity contribution in [2.45, 2.75) is 123 Å². The molecular formula is C33H56Cl2NO7P. The first-order valence-corrected chi connectivity index (χ1v) is 19.2. The van der Waals surface area contributed by atoms with Crippen LogP contribution in [0.4, 0.5) is 0 Å². The molecule has 0 saturated carbocycles. The Morgan fingerprint density at radius 2 is 1.23 bits per heavy atom. The summed E-state index contributed by atoms with van der Waals surface area (Å²) in [6, 6.07) is 8.66. The van der Waals surface area contributed by atoms with Crippen molar-refractivity contribution in [3.05, 3.63) is 30.3 Å². The van der Waals surface area contributed by atoms with Crippen molar-refractivity contribution in [1.29, 1.82) is 0 Å². The van der Waals surface area contributed by atoms with Crippen molar-refractivity contribution < 1.29 is 32.7 Å². The largest absolute Gasteiger partial charge is 0.462 e. The van der Waals surface area contributed by atoms with Gasteiger partial charge in [-0.1, -0.05) is 109 Å². The van der Waals surface area contributed by atoms with E-state index in [0.29, 0.717) is 18.6 Å². The summed E-state index contributed by atoms with van der Waals surface area (Å²) in [4.78, 5) is 25.2. The van der Waals surface area contributed by atoms with E-state index in [4.69, 9.17) is 41.7 Å². The molecule has 1 aromatic rings. The topological polar surface area (TPSA) is 91.4 Å². The minimum atomic E-state index is -3.97. The van der Waals surface area contributed by atoms with Gasteiger partial charge in [-0.3, -0.25) is 14.1 Å². The van der Waals surface area contributed by atoms with E-state index in [1.54, 1.807) is 24.3 Å². The highest BCUT2D eigenvalue weighted by atomic mass is 35.5. The van der Waals surface area contributed by atoms with Crippen LogP contribution in [0, 0.1) is 0 Å². The molecule has 0 aromatic heterocycles. The number of nitrogens with zero attached hydrogens (tertiary/aromatic N) is 1. The van der Waals surface area contributed by atoms with Gasteiger partial charge < -0.3 is 14.0 Å². The monoisotopic (exact) mass is 679 g/mol. The highest BCUT2D eigenvalue weighted by Gasteiger charge is 2.36. The number of rotatable bonds is 29. The number of carbonyl (C=O) groups excluding carboxylic acids is 2. The van der Waals surface area contributed by atoms with Gasteiger partial charge in [-0.25, -0.2) is 4.57 Å². The van der Waals surface area contributed by atoms with Gasteiger partial charge in [0.1, 0.15) is 12.4 Å². The Hall–Kier alpha value is -1.31. The van der Waals surface area contributed by atoms with Crippen LogP contribution in [-0.4, -0.2) is 60.8 Å². The molecule has 254 valence electrons. The summed E-state index contributed by atoms with van der Waals surface area (Å²) in [5.41, 5.74) is 0. The molecule has 8 nitrogen and oxygen atoms in total. The number of hydrogen-bond donors (Lipinski definition) is 0. The van der Waals surface area contributed by atoms with Crippen LogP contribution < -0.4 is 4.52 Å². The van der Waals surface area contributed by atoms with E-state index in [2.05, 4.69) is 13.8 Å². The molecule has 0 heterocycles. The molecule has 0 radical (unpaired) electrons. The predicted octanol–water partition coefficient (Wildman–Crippen LogP) is 9.71. The lowest BCUT2D eigenvalue weighted by atomic mass is 10.1. The molecule has 0 N–H and O–H groups in total. The van der Waals surface area contributed by atoms with E-state index in [-0.39, 0.29) is 50.5 Å². The van der Waals surface area contributed by atoms with Crippen LogP contribution in [0.3, 0.4) is 0 Å². The molecule has 0 spiro atoms. The van der Waals surface area contributed by atoms with Crippen molar-refractivity contribution in [2.75, 3.05) is 38.1 Å². The van der Waals surface area contributed by atoms with Gasteiger partial charge in [-0.05, 0) is 25.0 Å². The number of benzene rings is 1. The Labute approximate surface area is 276 Å². The first-order valence-electron chi connectivity index (χ1n) is 16.6. The summed E-state index contributed by atoms with van der Waals surface area (Å²) in [7, 11) is -3.97. The number of esters is 2. The Morgan fingerprint density at radius 3 is 1.75 bits per heavy atom. The SMILES string of the molecule is CCCCCCCCCC(=O)OC[C@@H](CO[P@](=O)(Oc1ccccc1)N(CCCl)CCCl)OC(=O)CCCCCCCCC. The van der Waals surface area contributed by atoms with Gasteiger partial charge >= 0.3 is 19.7 Å². The highest BCUT2D eigenvalue weighted by Crippen LogP contribution is 2.52. The van der Waals surface area contributed by atoms with Crippen LogP contribution >= 0.6 is 30.9 Å². The van der Waals surface area contributed by atoms with Gasteiger partial charge in [0.2, 0.25) is 0 Å². The fourth-order valence-corrected chi connectivity index (χ4v) is 6.99. The third kappa shape index (κ3) is 19.9. The van der Waals surface area contributed by atoms with Crippen molar-refractivity contribution in [3.63, 3.8) is 0 Å². The van der Waals surface area contributed by atoms with E-state index in [0.717, 1.165) is 38.5 Å². The Morgan fingerprint density at radius 1 is 0.727 bits per heavy atom. The van der Waals surface area contributed by atoms with Crippen molar-refractivity contribution in [3.8, 4) is 5.75 Å². The Balaban J connectivity index is 2.82. The lowest BCUT2D eigenvalue weighted by Crippen LogP contribution is -2.33. The van der Waals surface area contributed by atoms with Gasteiger partial charge in [-0.2, -0.15) is 4.67 Å². The first kappa shape index (κ1) is 40.7. The molecule has 0 amide bonds. The standard InChI is InChI=1S/C33H56Cl2NO7P/c1-3-5-7-9-11-13-18-22-32(37)40-28-31(42-33(38)23-19-14-12-10-8-6-4-2)29-41-44(39,36(26-24-34)27-25-35)43-30-20-16-15-17-21-30/h15-17,20-21,31H,3-14,18-19,22-29H2,1-2H3/t31-,44-/m0/s1. The maximum atomic E-state index is 14.1. The second-order valence-corrected chi connectivity index (χ2v) is 13.7. The van der Waals surface area contributed by atoms with Crippen LogP contribution in [0.25, 0.3) is 0 Å². The zero-order valence-corrected chi connectivity index (χ0v) is 29.4. The average molecular weight is 681 g/mol. The number of alkyl halides is 2. The molecule has 0 aliphatic rings. The fourth-order valence-electron chi connectivity index (χ4n) is 4.58. The number of hydrogen-bond acceptors (Lipinski definition) is 7. The van der Waals surface area contributed by atoms with Gasteiger partial charge in [-0.15, -0.1) is 23.2 Å². The van der Waals surface area contributed by atoms with E-state index in [1.807, 2.05) is 6.07 Å². The maximum absolute atomic E-state index is 14.1. The smallest absolute Gasteiger partial charge is 0.461 e. The fraction of sp³-hybridized carbons (Fsp3) is 0.758. The molecule has 0 saturated heterocycles. The molecule has 0 aliphatic heterocycles. The van der Waals surface area contributed by atoms with Gasteiger partial charge in [0.25, 0.3) is 0 Å². The van der Waals surface area contributed by atoms with E-state index >= 15 is 0 Å². The van der Waals surface area contributed by atoms with Crippen molar-refractivity contribution in [1.82, 2.24) is 4.67 Å². The highest BCUT2D eigenvalue weighted by molar-refractivity contribution is 7.51. The number of unbranched alkanes of at least 4 members (excludes halogenated alkanes) is 12. The average Bonchev–Trinajstić information content (AvgIpc) is 3.02. The number of halogens is 2. The van der Waals surface area contributed by atoms with E-state index < -0.39 is 19.8 Å². The van der Waals surface area contributed by atoms with Gasteiger partial charge in [0, 0.05) is 37.7 Å². The Bertz CT molecular complexity index is 903. The van der Waals surface area contributed by atoms with Crippen LogP contribution in [0.2, 0.25) is 0 Å².